The van der Waals surface area contributed by atoms with Crippen LogP contribution >= 0.6 is 0 Å². The second-order valence-electron chi connectivity index (χ2n) is 6.24. The Labute approximate surface area is 121 Å². The van der Waals surface area contributed by atoms with Crippen molar-refractivity contribution in [2.45, 2.75) is 33.8 Å². The molecule has 0 aromatic heterocycles. The molecule has 0 fully saturated rings. The Morgan fingerprint density at radius 2 is 1.65 bits per heavy atom. The summed E-state index contributed by atoms with van der Waals surface area (Å²) in [7, 11) is 0. The minimum atomic E-state index is 0.170. The van der Waals surface area contributed by atoms with E-state index in [2.05, 4.69) is 52.0 Å². The first kappa shape index (κ1) is 14.9. The second kappa shape index (κ2) is 6.27. The van der Waals surface area contributed by atoms with Crippen LogP contribution in [0.1, 0.15) is 27.7 Å². The maximum Gasteiger partial charge on any atom is 0.120 e. The summed E-state index contributed by atoms with van der Waals surface area (Å²) in [5.41, 5.74) is 0.170. The fraction of sp³-hybridized carbons (Fsp3) is 0.444. The maximum absolute atomic E-state index is 5.79. The highest BCUT2D eigenvalue weighted by atomic mass is 16.5. The third-order valence-corrected chi connectivity index (χ3v) is 3.66. The largest absolute Gasteiger partial charge is 0.491 e. The van der Waals surface area contributed by atoms with Crippen LogP contribution in [-0.2, 0) is 4.74 Å². The molecule has 20 heavy (non-hydrogen) atoms. The minimum Gasteiger partial charge on any atom is -0.491 e. The first-order valence-corrected chi connectivity index (χ1v) is 7.20. The van der Waals surface area contributed by atoms with Crippen LogP contribution in [0.3, 0.4) is 0 Å². The van der Waals surface area contributed by atoms with Gasteiger partial charge in [-0.15, -0.1) is 0 Å². The summed E-state index contributed by atoms with van der Waals surface area (Å²) in [4.78, 5) is 0. The molecule has 0 radical (unpaired) electrons. The molecular weight excluding hydrogens is 248 g/mol. The number of benzene rings is 2. The lowest BCUT2D eigenvalue weighted by molar-refractivity contribution is -0.0164. The molecule has 2 aromatic carbocycles. The van der Waals surface area contributed by atoms with E-state index in [9.17, 15) is 0 Å². The minimum absolute atomic E-state index is 0.170. The van der Waals surface area contributed by atoms with Gasteiger partial charge in [0.25, 0.3) is 0 Å². The van der Waals surface area contributed by atoms with Gasteiger partial charge < -0.3 is 9.47 Å². The molecular formula is C18H24O2. The monoisotopic (exact) mass is 272 g/mol. The van der Waals surface area contributed by atoms with Crippen LogP contribution in [0.15, 0.2) is 42.5 Å². The van der Waals surface area contributed by atoms with Gasteiger partial charge >= 0.3 is 0 Å². The quantitative estimate of drug-likeness (QED) is 0.736. The average Bonchev–Trinajstić information content (AvgIpc) is 2.42. The Morgan fingerprint density at radius 1 is 0.950 bits per heavy atom. The fourth-order valence-electron chi connectivity index (χ4n) is 1.89. The number of ether oxygens (including phenoxy) is 2. The lowest BCUT2D eigenvalue weighted by atomic mass is 9.90. The molecule has 0 saturated heterocycles. The lowest BCUT2D eigenvalue weighted by Gasteiger charge is -2.27. The maximum atomic E-state index is 5.79. The first-order valence-electron chi connectivity index (χ1n) is 7.20. The van der Waals surface area contributed by atoms with Gasteiger partial charge in [0.15, 0.2) is 0 Å². The van der Waals surface area contributed by atoms with E-state index in [1.165, 1.54) is 10.8 Å². The molecule has 2 rings (SSSR count). The SMILES string of the molecule is CC(OCCOc1ccc2ccccc2c1)C(C)(C)C. The van der Waals surface area contributed by atoms with Crippen molar-refractivity contribution in [3.05, 3.63) is 42.5 Å². The standard InChI is InChI=1S/C18H24O2/c1-14(18(2,3)4)19-11-12-20-17-10-9-15-7-5-6-8-16(15)13-17/h5-10,13-14H,11-12H2,1-4H3. The van der Waals surface area contributed by atoms with Crippen LogP contribution in [0.2, 0.25) is 0 Å². The molecule has 0 amide bonds. The normalized spacial score (nSPS) is 13.4. The Balaban J connectivity index is 1.84. The zero-order chi connectivity index (χ0) is 14.6. The van der Waals surface area contributed by atoms with Gasteiger partial charge in [0.1, 0.15) is 12.4 Å². The van der Waals surface area contributed by atoms with Gasteiger partial charge in [0.05, 0.1) is 12.7 Å². The predicted octanol–water partition coefficient (Wildman–Crippen LogP) is 4.67. The number of fused-ring (bicyclic) bond motifs is 1. The second-order valence-corrected chi connectivity index (χ2v) is 6.24. The van der Waals surface area contributed by atoms with Crippen molar-refractivity contribution < 1.29 is 9.47 Å². The van der Waals surface area contributed by atoms with Crippen molar-refractivity contribution in [2.24, 2.45) is 5.41 Å². The summed E-state index contributed by atoms with van der Waals surface area (Å²) in [5.74, 6) is 0.899. The molecule has 1 unspecified atom stereocenters. The Kier molecular flexibility index (Phi) is 4.66. The summed E-state index contributed by atoms with van der Waals surface area (Å²) < 4.78 is 11.5. The van der Waals surface area contributed by atoms with Crippen molar-refractivity contribution in [1.29, 1.82) is 0 Å². The highest BCUT2D eigenvalue weighted by molar-refractivity contribution is 5.83. The van der Waals surface area contributed by atoms with Crippen LogP contribution in [0.4, 0.5) is 0 Å². The Hall–Kier alpha value is -1.54. The zero-order valence-electron chi connectivity index (χ0n) is 12.8. The highest BCUT2D eigenvalue weighted by Gasteiger charge is 2.20. The van der Waals surface area contributed by atoms with Gasteiger partial charge in [-0.25, -0.2) is 0 Å². The van der Waals surface area contributed by atoms with Crippen LogP contribution in [-0.4, -0.2) is 19.3 Å². The Morgan fingerprint density at radius 3 is 2.35 bits per heavy atom. The van der Waals surface area contributed by atoms with Gasteiger partial charge in [0.2, 0.25) is 0 Å². The zero-order valence-corrected chi connectivity index (χ0v) is 12.8. The van der Waals surface area contributed by atoms with Crippen LogP contribution < -0.4 is 4.74 Å². The third kappa shape index (κ3) is 3.97. The van der Waals surface area contributed by atoms with Crippen molar-refractivity contribution in [3.63, 3.8) is 0 Å². The number of hydrogen-bond donors (Lipinski definition) is 0. The first-order chi connectivity index (χ1) is 9.47. The summed E-state index contributed by atoms with van der Waals surface area (Å²) >= 11 is 0. The topological polar surface area (TPSA) is 18.5 Å². The molecule has 0 aliphatic rings. The van der Waals surface area contributed by atoms with E-state index in [1.54, 1.807) is 0 Å². The Bertz CT molecular complexity index is 555. The lowest BCUT2D eigenvalue weighted by Crippen LogP contribution is -2.27. The molecule has 2 nitrogen and oxygen atoms in total. The van der Waals surface area contributed by atoms with Crippen LogP contribution in [0, 0.1) is 5.41 Å². The van der Waals surface area contributed by atoms with Crippen molar-refractivity contribution in [2.75, 3.05) is 13.2 Å². The summed E-state index contributed by atoms with van der Waals surface area (Å²) in [5, 5.41) is 2.44. The fourth-order valence-corrected chi connectivity index (χ4v) is 1.89. The van der Waals surface area contributed by atoms with Gasteiger partial charge in [-0.05, 0) is 35.2 Å². The molecule has 2 heteroatoms. The highest BCUT2D eigenvalue weighted by Crippen LogP contribution is 2.22. The molecule has 0 aliphatic heterocycles. The summed E-state index contributed by atoms with van der Waals surface area (Å²) in [6.07, 6.45) is 0.225. The van der Waals surface area contributed by atoms with Gasteiger partial charge in [0, 0.05) is 0 Å². The van der Waals surface area contributed by atoms with E-state index in [0.29, 0.717) is 13.2 Å². The summed E-state index contributed by atoms with van der Waals surface area (Å²) in [6, 6.07) is 14.5. The van der Waals surface area contributed by atoms with Gasteiger partial charge in [-0.1, -0.05) is 51.1 Å². The summed E-state index contributed by atoms with van der Waals surface area (Å²) in [6.45, 7) is 9.85. The number of hydrogen-bond acceptors (Lipinski definition) is 2. The van der Waals surface area contributed by atoms with Gasteiger partial charge in [-0.2, -0.15) is 0 Å². The van der Waals surface area contributed by atoms with E-state index in [4.69, 9.17) is 9.47 Å². The van der Waals surface area contributed by atoms with Crippen LogP contribution in [0.25, 0.3) is 10.8 Å². The van der Waals surface area contributed by atoms with E-state index in [0.717, 1.165) is 5.75 Å². The molecule has 108 valence electrons. The van der Waals surface area contributed by atoms with E-state index >= 15 is 0 Å². The molecule has 1 atom stereocenters. The van der Waals surface area contributed by atoms with E-state index in [-0.39, 0.29) is 11.5 Å². The molecule has 0 N–H and O–H groups in total. The molecule has 0 heterocycles. The average molecular weight is 272 g/mol. The number of rotatable bonds is 5. The third-order valence-electron chi connectivity index (χ3n) is 3.66. The smallest absolute Gasteiger partial charge is 0.120 e. The molecule has 2 aromatic rings. The van der Waals surface area contributed by atoms with Crippen molar-refractivity contribution in [3.8, 4) is 5.75 Å². The van der Waals surface area contributed by atoms with Gasteiger partial charge in [-0.3, -0.25) is 0 Å². The van der Waals surface area contributed by atoms with E-state index < -0.39 is 0 Å². The van der Waals surface area contributed by atoms with Crippen molar-refractivity contribution in [1.82, 2.24) is 0 Å². The molecule has 0 spiro atoms. The van der Waals surface area contributed by atoms with Crippen LogP contribution in [0.5, 0.6) is 5.75 Å². The molecule has 0 bridgehead atoms. The van der Waals surface area contributed by atoms with E-state index in [1.807, 2.05) is 18.2 Å². The molecule has 0 aliphatic carbocycles. The molecule has 0 saturated carbocycles. The van der Waals surface area contributed by atoms with Crippen molar-refractivity contribution >= 4 is 10.8 Å². The predicted molar refractivity (Wildman–Crippen MR) is 84.3 cm³/mol.